The molecule has 0 spiro atoms. The quantitative estimate of drug-likeness (QED) is 0.397. The van der Waals surface area contributed by atoms with Gasteiger partial charge in [0.15, 0.2) is 5.89 Å². The van der Waals surface area contributed by atoms with E-state index in [4.69, 9.17) is 20.8 Å². The van der Waals surface area contributed by atoms with E-state index >= 15 is 0 Å². The number of carbonyl (C=O) groups is 2. The van der Waals surface area contributed by atoms with Gasteiger partial charge in [-0.25, -0.2) is 4.98 Å². The van der Waals surface area contributed by atoms with E-state index in [1.807, 2.05) is 26.0 Å². The van der Waals surface area contributed by atoms with Crippen molar-refractivity contribution in [3.8, 4) is 5.75 Å². The zero-order valence-electron chi connectivity index (χ0n) is 15.0. The molecule has 0 bridgehead atoms. The molecule has 0 fully saturated rings. The number of aryl methyl sites for hydroxylation is 2. The zero-order chi connectivity index (χ0) is 19.1. The molecule has 1 amide bonds. The Hall–Kier alpha value is -2.54. The third kappa shape index (κ3) is 5.77. The van der Waals surface area contributed by atoms with Gasteiger partial charge in [-0.3, -0.25) is 9.59 Å². The molecular weight excluding hydrogens is 360 g/mol. The molecule has 2 rings (SSSR count). The van der Waals surface area contributed by atoms with E-state index in [9.17, 15) is 9.59 Å². The van der Waals surface area contributed by atoms with E-state index in [1.54, 1.807) is 12.1 Å². The van der Waals surface area contributed by atoms with Crippen LogP contribution in [0.25, 0.3) is 0 Å². The lowest BCUT2D eigenvalue weighted by molar-refractivity contribution is -0.141. The highest BCUT2D eigenvalue weighted by atomic mass is 35.5. The molecule has 1 aromatic heterocycles. The average molecular weight is 381 g/mol. The van der Waals surface area contributed by atoms with Gasteiger partial charge in [-0.05, 0) is 36.2 Å². The lowest BCUT2D eigenvalue weighted by atomic mass is 10.2. The van der Waals surface area contributed by atoms with E-state index in [-0.39, 0.29) is 13.1 Å². The summed E-state index contributed by atoms with van der Waals surface area (Å²) in [7, 11) is 1.26. The van der Waals surface area contributed by atoms with E-state index in [1.165, 1.54) is 12.0 Å². The van der Waals surface area contributed by atoms with Gasteiger partial charge in [-0.2, -0.15) is 0 Å². The van der Waals surface area contributed by atoms with Crippen molar-refractivity contribution in [3.63, 3.8) is 0 Å². The fraction of sp³-hybridized carbons (Fsp3) is 0.389. The predicted molar refractivity (Wildman–Crippen MR) is 95.3 cm³/mol. The molecule has 1 heterocycles. The number of halogens is 1. The minimum Gasteiger partial charge on any atom is -0.493 e. The van der Waals surface area contributed by atoms with Crippen LogP contribution in [-0.2, 0) is 22.5 Å². The van der Waals surface area contributed by atoms with Gasteiger partial charge < -0.3 is 18.8 Å². The summed E-state index contributed by atoms with van der Waals surface area (Å²) in [5.74, 6) is 1.62. The maximum Gasteiger partial charge on any atom is 0.325 e. The summed E-state index contributed by atoms with van der Waals surface area (Å²) in [5, 5.41) is -0.714. The molecule has 140 valence electrons. The topological polar surface area (TPSA) is 81.9 Å². The fourth-order valence-electron chi connectivity index (χ4n) is 2.38. The van der Waals surface area contributed by atoms with Crippen LogP contribution in [0.1, 0.15) is 22.9 Å². The first kappa shape index (κ1) is 19.8. The fourth-order valence-corrected chi connectivity index (χ4v) is 2.50. The Morgan fingerprint density at radius 1 is 1.23 bits per heavy atom. The predicted octanol–water partition coefficient (Wildman–Crippen LogP) is 3.25. The number of carbonyl (C=O) groups excluding carboxylic acids is 2. The molecule has 0 saturated carbocycles. The van der Waals surface area contributed by atoms with Crippen LogP contribution in [-0.4, -0.2) is 41.5 Å². The molecule has 0 aliphatic heterocycles. The maximum absolute atomic E-state index is 11.4. The van der Waals surface area contributed by atoms with Crippen LogP contribution in [0.2, 0.25) is 0 Å². The smallest absolute Gasteiger partial charge is 0.325 e. The normalized spacial score (nSPS) is 10.5. The average Bonchev–Trinajstić information content (AvgIpc) is 2.93. The van der Waals surface area contributed by atoms with Crippen LogP contribution >= 0.6 is 11.6 Å². The van der Waals surface area contributed by atoms with Crippen LogP contribution < -0.4 is 4.74 Å². The SMILES string of the molecule is COC(=O)CN(Cc1ccc(OCCc2nc(C)oc2C)cc1)C(=O)Cl. The Morgan fingerprint density at radius 3 is 2.46 bits per heavy atom. The Bertz CT molecular complexity index is 757. The molecule has 0 radical (unpaired) electrons. The summed E-state index contributed by atoms with van der Waals surface area (Å²) < 4.78 is 15.6. The summed E-state index contributed by atoms with van der Waals surface area (Å²) in [6, 6.07) is 7.21. The molecule has 0 N–H and O–H groups in total. The molecule has 26 heavy (non-hydrogen) atoms. The van der Waals surface area contributed by atoms with Crippen molar-refractivity contribution >= 4 is 22.9 Å². The second-order valence-corrected chi connectivity index (χ2v) is 5.99. The van der Waals surface area contributed by atoms with Gasteiger partial charge in [0, 0.05) is 19.9 Å². The molecule has 0 atom stereocenters. The number of nitrogens with zero attached hydrogens (tertiary/aromatic N) is 2. The van der Waals surface area contributed by atoms with Crippen LogP contribution in [0.4, 0.5) is 4.79 Å². The monoisotopic (exact) mass is 380 g/mol. The van der Waals surface area contributed by atoms with E-state index in [0.29, 0.717) is 24.7 Å². The number of hydrogen-bond donors (Lipinski definition) is 0. The van der Waals surface area contributed by atoms with Crippen molar-refractivity contribution in [2.24, 2.45) is 0 Å². The number of hydrogen-bond acceptors (Lipinski definition) is 6. The molecule has 7 nitrogen and oxygen atoms in total. The molecule has 0 unspecified atom stereocenters. The van der Waals surface area contributed by atoms with Gasteiger partial charge in [-0.15, -0.1) is 0 Å². The minimum absolute atomic E-state index is 0.201. The summed E-state index contributed by atoms with van der Waals surface area (Å²) in [5.41, 5.74) is 1.71. The van der Waals surface area contributed by atoms with E-state index in [2.05, 4.69) is 9.72 Å². The van der Waals surface area contributed by atoms with E-state index in [0.717, 1.165) is 17.0 Å². The highest BCUT2D eigenvalue weighted by Gasteiger charge is 2.16. The Balaban J connectivity index is 1.87. The van der Waals surface area contributed by atoms with Crippen molar-refractivity contribution < 1.29 is 23.5 Å². The maximum atomic E-state index is 11.4. The van der Waals surface area contributed by atoms with Crippen LogP contribution in [0, 0.1) is 13.8 Å². The lowest BCUT2D eigenvalue weighted by Crippen LogP contribution is -2.32. The van der Waals surface area contributed by atoms with Crippen molar-refractivity contribution in [1.82, 2.24) is 9.88 Å². The minimum atomic E-state index is -0.714. The van der Waals surface area contributed by atoms with Gasteiger partial charge in [0.2, 0.25) is 0 Å². The number of ether oxygens (including phenoxy) is 2. The highest BCUT2D eigenvalue weighted by Crippen LogP contribution is 2.16. The summed E-state index contributed by atoms with van der Waals surface area (Å²) >= 11 is 5.51. The largest absolute Gasteiger partial charge is 0.493 e. The van der Waals surface area contributed by atoms with Crippen LogP contribution in [0.5, 0.6) is 5.75 Å². The van der Waals surface area contributed by atoms with Crippen molar-refractivity contribution in [1.29, 1.82) is 0 Å². The molecule has 1 aromatic carbocycles. The van der Waals surface area contributed by atoms with E-state index < -0.39 is 11.3 Å². The second-order valence-electron chi connectivity index (χ2n) is 5.66. The van der Waals surface area contributed by atoms with Crippen LogP contribution in [0.15, 0.2) is 28.7 Å². The highest BCUT2D eigenvalue weighted by molar-refractivity contribution is 6.62. The van der Waals surface area contributed by atoms with Crippen molar-refractivity contribution in [2.75, 3.05) is 20.3 Å². The van der Waals surface area contributed by atoms with Gasteiger partial charge in [0.1, 0.15) is 18.1 Å². The van der Waals surface area contributed by atoms with Crippen LogP contribution in [0.3, 0.4) is 0 Å². The Morgan fingerprint density at radius 2 is 1.92 bits per heavy atom. The Kier molecular flexibility index (Phi) is 7.03. The lowest BCUT2D eigenvalue weighted by Gasteiger charge is -2.18. The molecule has 0 saturated heterocycles. The number of esters is 1. The standard InChI is InChI=1S/C18H21ClN2O5/c1-12-16(20-13(2)26-12)8-9-25-15-6-4-14(5-7-15)10-21(18(19)23)11-17(22)24-3/h4-7H,8-11H2,1-3H3. The number of oxazole rings is 1. The second kappa shape index (κ2) is 9.24. The number of methoxy groups -OCH3 is 1. The molecule has 0 aliphatic carbocycles. The summed E-state index contributed by atoms with van der Waals surface area (Å²) in [6.45, 7) is 4.16. The molecule has 2 aromatic rings. The van der Waals surface area contributed by atoms with Crippen molar-refractivity contribution in [3.05, 3.63) is 47.2 Å². The first-order valence-electron chi connectivity index (χ1n) is 8.05. The van der Waals surface area contributed by atoms with Crippen molar-refractivity contribution in [2.45, 2.75) is 26.8 Å². The summed E-state index contributed by atoms with van der Waals surface area (Å²) in [4.78, 5) is 28.2. The zero-order valence-corrected chi connectivity index (χ0v) is 15.7. The third-order valence-corrected chi connectivity index (χ3v) is 3.94. The third-order valence-electron chi connectivity index (χ3n) is 3.70. The summed E-state index contributed by atoms with van der Waals surface area (Å²) in [6.07, 6.45) is 0.651. The first-order valence-corrected chi connectivity index (χ1v) is 8.42. The number of benzene rings is 1. The number of rotatable bonds is 8. The van der Waals surface area contributed by atoms with Gasteiger partial charge in [0.05, 0.1) is 19.4 Å². The molecule has 0 aliphatic rings. The number of amides is 1. The molecular formula is C18H21ClN2O5. The van der Waals surface area contributed by atoms with Gasteiger partial charge in [0.25, 0.3) is 0 Å². The number of aromatic nitrogens is 1. The molecule has 8 heteroatoms. The first-order chi connectivity index (χ1) is 12.4. The van der Waals surface area contributed by atoms with Gasteiger partial charge in [-0.1, -0.05) is 12.1 Å². The van der Waals surface area contributed by atoms with Gasteiger partial charge >= 0.3 is 11.3 Å². The Labute approximate surface area is 156 Å².